The summed E-state index contributed by atoms with van der Waals surface area (Å²) in [5.41, 5.74) is 1.14. The maximum absolute atomic E-state index is 13.1. The van der Waals surface area contributed by atoms with Gasteiger partial charge in [0.2, 0.25) is 6.79 Å². The predicted molar refractivity (Wildman–Crippen MR) is 109 cm³/mol. The van der Waals surface area contributed by atoms with Crippen LogP contribution >= 0.6 is 22.7 Å². The van der Waals surface area contributed by atoms with Crippen LogP contribution in [0.3, 0.4) is 0 Å². The molecule has 8 heteroatoms. The van der Waals surface area contributed by atoms with Gasteiger partial charge in [-0.25, -0.2) is 4.98 Å². The van der Waals surface area contributed by atoms with Gasteiger partial charge in [-0.1, -0.05) is 0 Å². The summed E-state index contributed by atoms with van der Waals surface area (Å²) in [4.78, 5) is 33.1. The standard InChI is InChI=1S/C20H14N2O4S2/c1-11-2-5-17(28-11)13-8-27-19-18(13)20(24)22(9-21-19)7-14(23)12-3-4-15-16(6-12)26-10-25-15/h2-6,8-9H,7,10H2,1H3. The highest BCUT2D eigenvalue weighted by atomic mass is 32.1. The van der Waals surface area contributed by atoms with Gasteiger partial charge in [0.15, 0.2) is 17.3 Å². The first-order valence-corrected chi connectivity index (χ1v) is 10.3. The smallest absolute Gasteiger partial charge is 0.263 e. The maximum Gasteiger partial charge on any atom is 0.263 e. The summed E-state index contributed by atoms with van der Waals surface area (Å²) in [6.45, 7) is 2.10. The molecule has 140 valence electrons. The van der Waals surface area contributed by atoms with Crippen LogP contribution in [0.25, 0.3) is 20.7 Å². The van der Waals surface area contributed by atoms with Gasteiger partial charge in [-0.05, 0) is 37.3 Å². The number of Topliss-reactive ketones (excluding diaryl/α,β-unsaturated/α-hetero) is 1. The molecular weight excluding hydrogens is 396 g/mol. The van der Waals surface area contributed by atoms with Crippen molar-refractivity contribution in [1.82, 2.24) is 9.55 Å². The molecule has 3 aromatic heterocycles. The largest absolute Gasteiger partial charge is 0.454 e. The summed E-state index contributed by atoms with van der Waals surface area (Å²) in [7, 11) is 0. The van der Waals surface area contributed by atoms with E-state index in [1.54, 1.807) is 29.5 Å². The minimum Gasteiger partial charge on any atom is -0.454 e. The summed E-state index contributed by atoms with van der Waals surface area (Å²) in [6.07, 6.45) is 1.44. The van der Waals surface area contributed by atoms with Crippen LogP contribution in [0.5, 0.6) is 11.5 Å². The minimum atomic E-state index is -0.207. The number of benzene rings is 1. The Bertz CT molecular complexity index is 1290. The molecule has 0 atom stereocenters. The molecule has 0 unspecified atom stereocenters. The Balaban J connectivity index is 1.52. The van der Waals surface area contributed by atoms with E-state index in [1.165, 1.54) is 27.1 Å². The molecule has 0 spiro atoms. The molecule has 0 saturated carbocycles. The molecule has 4 heterocycles. The molecule has 6 nitrogen and oxygen atoms in total. The van der Waals surface area contributed by atoms with E-state index >= 15 is 0 Å². The number of ketones is 1. The van der Waals surface area contributed by atoms with Crippen LogP contribution in [-0.2, 0) is 6.54 Å². The molecule has 0 saturated heterocycles. The lowest BCUT2D eigenvalue weighted by atomic mass is 10.1. The fourth-order valence-corrected chi connectivity index (χ4v) is 5.02. The van der Waals surface area contributed by atoms with Crippen LogP contribution in [0.2, 0.25) is 0 Å². The molecule has 1 aliphatic heterocycles. The molecule has 0 amide bonds. The Kier molecular flexibility index (Phi) is 4.03. The highest BCUT2D eigenvalue weighted by Crippen LogP contribution is 2.35. The summed E-state index contributed by atoms with van der Waals surface area (Å²) in [5, 5.41) is 2.52. The second-order valence-electron chi connectivity index (χ2n) is 6.41. The van der Waals surface area contributed by atoms with Crippen molar-refractivity contribution in [2.24, 2.45) is 0 Å². The average Bonchev–Trinajstić information content (AvgIpc) is 3.42. The fraction of sp³-hybridized carbons (Fsp3) is 0.150. The molecule has 0 radical (unpaired) electrons. The van der Waals surface area contributed by atoms with Gasteiger partial charge in [0.25, 0.3) is 5.56 Å². The zero-order chi connectivity index (χ0) is 19.3. The van der Waals surface area contributed by atoms with Crippen LogP contribution in [-0.4, -0.2) is 22.1 Å². The van der Waals surface area contributed by atoms with Crippen LogP contribution in [0, 0.1) is 6.92 Å². The van der Waals surface area contributed by atoms with Crippen LogP contribution in [0.4, 0.5) is 0 Å². The van der Waals surface area contributed by atoms with Gasteiger partial charge in [0.1, 0.15) is 4.83 Å². The number of carbonyl (C=O) groups is 1. The van der Waals surface area contributed by atoms with E-state index in [2.05, 4.69) is 4.98 Å². The minimum absolute atomic E-state index is 0.0832. The molecule has 4 aromatic rings. The fourth-order valence-electron chi connectivity index (χ4n) is 3.16. The second kappa shape index (κ2) is 6.57. The Morgan fingerprint density at radius 3 is 2.89 bits per heavy atom. The van der Waals surface area contributed by atoms with Gasteiger partial charge in [-0.2, -0.15) is 0 Å². The third-order valence-corrected chi connectivity index (χ3v) is 6.50. The van der Waals surface area contributed by atoms with Crippen molar-refractivity contribution in [2.45, 2.75) is 13.5 Å². The van der Waals surface area contributed by atoms with Crippen LogP contribution < -0.4 is 15.0 Å². The van der Waals surface area contributed by atoms with Crippen molar-refractivity contribution >= 4 is 38.7 Å². The normalized spacial score (nSPS) is 12.6. The van der Waals surface area contributed by atoms with Crippen molar-refractivity contribution < 1.29 is 14.3 Å². The lowest BCUT2D eigenvalue weighted by Crippen LogP contribution is -2.24. The van der Waals surface area contributed by atoms with Crippen molar-refractivity contribution in [3.63, 3.8) is 0 Å². The van der Waals surface area contributed by atoms with E-state index in [9.17, 15) is 9.59 Å². The number of ether oxygens (including phenoxy) is 2. The number of aromatic nitrogens is 2. The number of carbonyl (C=O) groups excluding carboxylic acids is 1. The average molecular weight is 410 g/mol. The highest BCUT2D eigenvalue weighted by Gasteiger charge is 2.19. The molecule has 0 aliphatic carbocycles. The van der Waals surface area contributed by atoms with Crippen LogP contribution in [0.1, 0.15) is 15.2 Å². The summed E-state index contributed by atoms with van der Waals surface area (Å²) >= 11 is 3.07. The quantitative estimate of drug-likeness (QED) is 0.474. The van der Waals surface area contributed by atoms with Gasteiger partial charge in [0, 0.05) is 26.3 Å². The lowest BCUT2D eigenvalue weighted by molar-refractivity contribution is 0.0970. The summed E-state index contributed by atoms with van der Waals surface area (Å²) in [6, 6.07) is 9.07. The molecule has 28 heavy (non-hydrogen) atoms. The third-order valence-electron chi connectivity index (χ3n) is 4.58. The number of hydrogen-bond donors (Lipinski definition) is 0. The summed E-state index contributed by atoms with van der Waals surface area (Å²) < 4.78 is 12.0. The Morgan fingerprint density at radius 1 is 1.21 bits per heavy atom. The van der Waals surface area contributed by atoms with E-state index in [1.807, 2.05) is 24.4 Å². The molecule has 0 bridgehead atoms. The van der Waals surface area contributed by atoms with E-state index in [0.717, 1.165) is 10.4 Å². The molecule has 5 rings (SSSR count). The van der Waals surface area contributed by atoms with E-state index in [0.29, 0.717) is 27.3 Å². The molecule has 0 fully saturated rings. The zero-order valence-electron chi connectivity index (χ0n) is 14.8. The van der Waals surface area contributed by atoms with Crippen molar-refractivity contribution in [3.8, 4) is 21.9 Å². The molecular formula is C20H14N2O4S2. The highest BCUT2D eigenvalue weighted by molar-refractivity contribution is 7.19. The number of hydrogen-bond acceptors (Lipinski definition) is 7. The molecule has 1 aromatic carbocycles. The first-order chi connectivity index (χ1) is 13.6. The number of aryl methyl sites for hydroxylation is 1. The van der Waals surface area contributed by atoms with Crippen molar-refractivity contribution in [3.05, 3.63) is 62.8 Å². The van der Waals surface area contributed by atoms with Gasteiger partial charge >= 0.3 is 0 Å². The Morgan fingerprint density at radius 2 is 2.07 bits per heavy atom. The maximum atomic E-state index is 13.1. The SMILES string of the molecule is Cc1ccc(-c2csc3ncn(CC(=O)c4ccc5c(c4)OCO5)c(=O)c23)s1. The second-order valence-corrected chi connectivity index (χ2v) is 8.55. The lowest BCUT2D eigenvalue weighted by Gasteiger charge is -2.06. The van der Waals surface area contributed by atoms with E-state index in [-0.39, 0.29) is 24.7 Å². The van der Waals surface area contributed by atoms with Gasteiger partial charge in [-0.15, -0.1) is 22.7 Å². The molecule has 1 aliphatic rings. The van der Waals surface area contributed by atoms with Gasteiger partial charge < -0.3 is 9.47 Å². The predicted octanol–water partition coefficient (Wildman–Crippen LogP) is 4.11. The molecule has 0 N–H and O–H groups in total. The van der Waals surface area contributed by atoms with E-state index in [4.69, 9.17) is 9.47 Å². The topological polar surface area (TPSA) is 70.4 Å². The monoisotopic (exact) mass is 410 g/mol. The van der Waals surface area contributed by atoms with Crippen LogP contribution in [0.15, 0.2) is 46.8 Å². The van der Waals surface area contributed by atoms with Gasteiger partial charge in [-0.3, -0.25) is 14.2 Å². The number of rotatable bonds is 4. The third kappa shape index (κ3) is 2.81. The summed E-state index contributed by atoms with van der Waals surface area (Å²) in [5.74, 6) is 0.969. The zero-order valence-corrected chi connectivity index (χ0v) is 16.4. The number of fused-ring (bicyclic) bond motifs is 2. The first kappa shape index (κ1) is 17.2. The Hall–Kier alpha value is -2.97. The van der Waals surface area contributed by atoms with E-state index < -0.39 is 0 Å². The van der Waals surface area contributed by atoms with Gasteiger partial charge in [0.05, 0.1) is 18.3 Å². The number of nitrogens with zero attached hydrogens (tertiary/aromatic N) is 2. The Labute approximate surface area is 167 Å². The van der Waals surface area contributed by atoms with Crippen molar-refractivity contribution in [1.29, 1.82) is 0 Å². The first-order valence-electron chi connectivity index (χ1n) is 8.56. The number of thiophene rings is 2. The van der Waals surface area contributed by atoms with Crippen molar-refractivity contribution in [2.75, 3.05) is 6.79 Å².